The molecule has 1 N–H and O–H groups in total. The van der Waals surface area contributed by atoms with Crippen molar-refractivity contribution in [2.45, 2.75) is 64.3 Å². The van der Waals surface area contributed by atoms with E-state index in [-0.39, 0.29) is 0 Å². The van der Waals surface area contributed by atoms with Gasteiger partial charge in [0.05, 0.1) is 5.01 Å². The predicted molar refractivity (Wildman–Crippen MR) is 79.1 cm³/mol. The second kappa shape index (κ2) is 7.90. The predicted octanol–water partition coefficient (Wildman–Crippen LogP) is 4.02. The number of nitrogens with zero attached hydrogens (tertiary/aromatic N) is 1. The molecule has 1 aliphatic carbocycles. The number of hydrogen-bond donors (Lipinski definition) is 1. The summed E-state index contributed by atoms with van der Waals surface area (Å²) in [5.74, 6) is 0.864. The minimum atomic E-state index is 0.647. The van der Waals surface area contributed by atoms with Gasteiger partial charge in [-0.05, 0) is 31.7 Å². The van der Waals surface area contributed by atoms with Crippen molar-refractivity contribution in [2.75, 3.05) is 6.54 Å². The normalized spacial score (nSPS) is 19.6. The molecule has 0 aromatic carbocycles. The average molecular weight is 266 g/mol. The van der Waals surface area contributed by atoms with Gasteiger partial charge in [-0.1, -0.05) is 32.6 Å². The molecule has 0 radical (unpaired) electrons. The lowest BCUT2D eigenvalue weighted by molar-refractivity contribution is 0.317. The molecule has 0 aliphatic heterocycles. The van der Waals surface area contributed by atoms with E-state index in [1.54, 1.807) is 11.3 Å². The Hall–Kier alpha value is -0.410. The topological polar surface area (TPSA) is 24.9 Å². The Morgan fingerprint density at radius 1 is 1.33 bits per heavy atom. The molecule has 102 valence electrons. The highest BCUT2D eigenvalue weighted by atomic mass is 32.1. The Kier molecular flexibility index (Phi) is 6.15. The highest BCUT2D eigenvalue weighted by Gasteiger charge is 2.23. The molecular formula is C15H26N2S. The summed E-state index contributed by atoms with van der Waals surface area (Å²) in [5.41, 5.74) is 0. The van der Waals surface area contributed by atoms with Gasteiger partial charge < -0.3 is 5.32 Å². The molecule has 1 unspecified atom stereocenters. The Morgan fingerprint density at radius 2 is 2.11 bits per heavy atom. The Balaban J connectivity index is 1.93. The number of thiazole rings is 1. The van der Waals surface area contributed by atoms with Crippen LogP contribution >= 0.6 is 11.3 Å². The SMILES string of the molecule is CCCNC(Cc1nccs1)C1CCCCCC1. The average Bonchev–Trinajstić information content (AvgIpc) is 2.74. The van der Waals surface area contributed by atoms with E-state index in [9.17, 15) is 0 Å². The van der Waals surface area contributed by atoms with Gasteiger partial charge in [0.2, 0.25) is 0 Å². The summed E-state index contributed by atoms with van der Waals surface area (Å²) >= 11 is 1.80. The zero-order valence-corrected chi connectivity index (χ0v) is 12.3. The molecular weight excluding hydrogens is 240 g/mol. The molecule has 1 heterocycles. The maximum absolute atomic E-state index is 4.46. The van der Waals surface area contributed by atoms with Crippen molar-refractivity contribution in [3.63, 3.8) is 0 Å². The largest absolute Gasteiger partial charge is 0.313 e. The molecule has 1 aromatic rings. The quantitative estimate of drug-likeness (QED) is 0.787. The van der Waals surface area contributed by atoms with Crippen LogP contribution in [0.1, 0.15) is 56.9 Å². The van der Waals surface area contributed by atoms with E-state index in [1.807, 2.05) is 6.20 Å². The van der Waals surface area contributed by atoms with Gasteiger partial charge in [-0.25, -0.2) is 4.98 Å². The van der Waals surface area contributed by atoms with Crippen molar-refractivity contribution in [3.05, 3.63) is 16.6 Å². The minimum absolute atomic E-state index is 0.647. The van der Waals surface area contributed by atoms with Crippen LogP contribution in [0.4, 0.5) is 0 Å². The monoisotopic (exact) mass is 266 g/mol. The van der Waals surface area contributed by atoms with Crippen molar-refractivity contribution in [1.82, 2.24) is 10.3 Å². The van der Waals surface area contributed by atoms with Crippen molar-refractivity contribution in [2.24, 2.45) is 5.92 Å². The van der Waals surface area contributed by atoms with Gasteiger partial charge in [0.25, 0.3) is 0 Å². The van der Waals surface area contributed by atoms with Gasteiger partial charge in [-0.2, -0.15) is 0 Å². The van der Waals surface area contributed by atoms with Crippen LogP contribution in [0.5, 0.6) is 0 Å². The lowest BCUT2D eigenvalue weighted by atomic mass is 9.90. The van der Waals surface area contributed by atoms with E-state index in [0.29, 0.717) is 6.04 Å². The van der Waals surface area contributed by atoms with Crippen molar-refractivity contribution >= 4 is 11.3 Å². The molecule has 0 amide bonds. The van der Waals surface area contributed by atoms with Crippen molar-refractivity contribution < 1.29 is 0 Å². The van der Waals surface area contributed by atoms with E-state index in [2.05, 4.69) is 22.6 Å². The maximum atomic E-state index is 4.46. The van der Waals surface area contributed by atoms with Crippen LogP contribution in [0.2, 0.25) is 0 Å². The van der Waals surface area contributed by atoms with E-state index in [1.165, 1.54) is 50.0 Å². The van der Waals surface area contributed by atoms with Crippen LogP contribution in [0.3, 0.4) is 0 Å². The van der Waals surface area contributed by atoms with Gasteiger partial charge in [0.15, 0.2) is 0 Å². The summed E-state index contributed by atoms with van der Waals surface area (Å²) in [7, 11) is 0. The molecule has 1 aliphatic rings. The summed E-state index contributed by atoms with van der Waals surface area (Å²) < 4.78 is 0. The van der Waals surface area contributed by atoms with Crippen molar-refractivity contribution in [3.8, 4) is 0 Å². The van der Waals surface area contributed by atoms with Gasteiger partial charge in [0, 0.05) is 24.0 Å². The summed E-state index contributed by atoms with van der Waals surface area (Å²) in [6, 6.07) is 0.647. The number of aromatic nitrogens is 1. The molecule has 0 saturated heterocycles. The van der Waals surface area contributed by atoms with E-state index in [4.69, 9.17) is 0 Å². The first kappa shape index (κ1) is 14.0. The molecule has 18 heavy (non-hydrogen) atoms. The first-order valence-electron chi connectivity index (χ1n) is 7.52. The fourth-order valence-electron chi connectivity index (χ4n) is 2.99. The summed E-state index contributed by atoms with van der Waals surface area (Å²) in [4.78, 5) is 4.46. The first-order chi connectivity index (χ1) is 8.90. The smallest absolute Gasteiger partial charge is 0.0940 e. The Morgan fingerprint density at radius 3 is 2.72 bits per heavy atom. The van der Waals surface area contributed by atoms with Gasteiger partial charge in [0.1, 0.15) is 0 Å². The molecule has 0 spiro atoms. The highest BCUT2D eigenvalue weighted by Crippen LogP contribution is 2.27. The van der Waals surface area contributed by atoms with Crippen LogP contribution < -0.4 is 5.32 Å². The lowest BCUT2D eigenvalue weighted by Crippen LogP contribution is -2.38. The Bertz CT molecular complexity index is 302. The number of rotatable bonds is 6. The molecule has 1 aromatic heterocycles. The van der Waals surface area contributed by atoms with Gasteiger partial charge in [-0.3, -0.25) is 0 Å². The van der Waals surface area contributed by atoms with E-state index >= 15 is 0 Å². The van der Waals surface area contributed by atoms with Crippen molar-refractivity contribution in [1.29, 1.82) is 0 Å². The third-order valence-electron chi connectivity index (χ3n) is 4.00. The third kappa shape index (κ3) is 4.36. The molecule has 1 saturated carbocycles. The fourth-order valence-corrected chi connectivity index (χ4v) is 3.67. The molecule has 3 heteroatoms. The molecule has 0 bridgehead atoms. The first-order valence-corrected chi connectivity index (χ1v) is 8.40. The fraction of sp³-hybridized carbons (Fsp3) is 0.800. The lowest BCUT2D eigenvalue weighted by Gasteiger charge is -2.26. The molecule has 2 rings (SSSR count). The number of hydrogen-bond acceptors (Lipinski definition) is 3. The van der Waals surface area contributed by atoms with E-state index < -0.39 is 0 Å². The number of nitrogens with one attached hydrogen (secondary N) is 1. The van der Waals surface area contributed by atoms with Gasteiger partial charge >= 0.3 is 0 Å². The van der Waals surface area contributed by atoms with Crippen LogP contribution in [-0.4, -0.2) is 17.6 Å². The van der Waals surface area contributed by atoms with Crippen LogP contribution in [0.15, 0.2) is 11.6 Å². The van der Waals surface area contributed by atoms with Gasteiger partial charge in [-0.15, -0.1) is 11.3 Å². The standard InChI is InChI=1S/C15H26N2S/c1-2-9-16-14(12-15-17-10-11-18-15)13-7-5-3-4-6-8-13/h10-11,13-14,16H,2-9,12H2,1H3. The summed E-state index contributed by atoms with van der Waals surface area (Å²) in [6.45, 7) is 3.40. The van der Waals surface area contributed by atoms with Crippen LogP contribution in [-0.2, 0) is 6.42 Å². The molecule has 2 nitrogen and oxygen atoms in total. The molecule has 1 atom stereocenters. The van der Waals surface area contributed by atoms with Crippen LogP contribution in [0, 0.1) is 5.92 Å². The second-order valence-electron chi connectivity index (χ2n) is 5.44. The maximum Gasteiger partial charge on any atom is 0.0940 e. The molecule has 1 fully saturated rings. The Labute approximate surface area is 115 Å². The summed E-state index contributed by atoms with van der Waals surface area (Å²) in [6.07, 6.45) is 12.8. The van der Waals surface area contributed by atoms with Crippen LogP contribution in [0.25, 0.3) is 0 Å². The van der Waals surface area contributed by atoms with E-state index in [0.717, 1.165) is 18.9 Å². The second-order valence-corrected chi connectivity index (χ2v) is 6.42. The minimum Gasteiger partial charge on any atom is -0.313 e. The highest BCUT2D eigenvalue weighted by molar-refractivity contribution is 7.09. The zero-order chi connectivity index (χ0) is 12.6. The summed E-state index contributed by atoms with van der Waals surface area (Å²) in [5, 5.41) is 7.17. The third-order valence-corrected chi connectivity index (χ3v) is 4.81. The zero-order valence-electron chi connectivity index (χ0n) is 11.5.